The number of likely N-dealkylation sites (tertiary alicyclic amines) is 1. The zero-order chi connectivity index (χ0) is 24.9. The van der Waals surface area contributed by atoms with Crippen LogP contribution in [-0.4, -0.2) is 63.5 Å². The van der Waals surface area contributed by atoms with E-state index in [4.69, 9.17) is 11.6 Å². The highest BCUT2D eigenvalue weighted by Gasteiger charge is 2.76. The predicted molar refractivity (Wildman–Crippen MR) is 135 cm³/mol. The molecule has 1 spiro atoms. The molecule has 186 valence electrons. The number of fused-ring (bicyclic) bond motifs is 1. The molecule has 1 aromatic rings. The number of rotatable bonds is 7. The molecule has 7 nitrogen and oxygen atoms in total. The maximum atomic E-state index is 14.0. The Labute approximate surface area is 210 Å². The molecule has 0 aliphatic carbocycles. The van der Waals surface area contributed by atoms with Gasteiger partial charge < -0.3 is 20.6 Å². The van der Waals surface area contributed by atoms with E-state index in [0.717, 1.165) is 12.0 Å². The summed E-state index contributed by atoms with van der Waals surface area (Å²) >= 11 is 8.03. The molecule has 0 aromatic heterocycles. The smallest absolute Gasteiger partial charge is 0.248 e. The summed E-state index contributed by atoms with van der Waals surface area (Å²) in [5, 5.41) is 16.5. The Kier molecular flexibility index (Phi) is 6.97. The number of nitrogens with one attached hydrogen (secondary N) is 2. The van der Waals surface area contributed by atoms with Gasteiger partial charge in [-0.2, -0.15) is 0 Å². The molecule has 2 bridgehead atoms. The van der Waals surface area contributed by atoms with Crippen LogP contribution < -0.4 is 10.6 Å². The van der Waals surface area contributed by atoms with Gasteiger partial charge in [-0.3, -0.25) is 14.4 Å². The topological polar surface area (TPSA) is 98.7 Å². The molecular formula is C25H34ClN3O4S. The first kappa shape index (κ1) is 25.3. The highest BCUT2D eigenvalue weighted by atomic mass is 35.5. The van der Waals surface area contributed by atoms with E-state index in [9.17, 15) is 19.5 Å². The largest absolute Gasteiger partial charge is 0.394 e. The van der Waals surface area contributed by atoms with Gasteiger partial charge in [0.2, 0.25) is 17.7 Å². The number of carbonyl (C=O) groups is 3. The van der Waals surface area contributed by atoms with Crippen LogP contribution in [0.1, 0.15) is 39.2 Å². The number of amides is 3. The Bertz CT molecular complexity index is 984. The average molecular weight is 508 g/mol. The van der Waals surface area contributed by atoms with E-state index in [1.54, 1.807) is 29.8 Å². The van der Waals surface area contributed by atoms with Crippen LogP contribution in [0.3, 0.4) is 0 Å². The number of aryl methyl sites for hydroxylation is 1. The lowest BCUT2D eigenvalue weighted by atomic mass is 9.66. The molecule has 0 radical (unpaired) electrons. The van der Waals surface area contributed by atoms with Crippen molar-refractivity contribution < 1.29 is 19.5 Å². The van der Waals surface area contributed by atoms with Gasteiger partial charge in [0.1, 0.15) is 6.04 Å². The normalized spacial score (nSPS) is 32.8. The first-order valence-electron chi connectivity index (χ1n) is 12.0. The minimum atomic E-state index is -0.809. The van der Waals surface area contributed by atoms with Crippen LogP contribution >= 0.6 is 23.4 Å². The molecule has 3 fully saturated rings. The maximum Gasteiger partial charge on any atom is 0.248 e. The number of hydrogen-bond donors (Lipinski definition) is 3. The van der Waals surface area contributed by atoms with E-state index >= 15 is 0 Å². The van der Waals surface area contributed by atoms with E-state index in [1.807, 2.05) is 32.9 Å². The van der Waals surface area contributed by atoms with Gasteiger partial charge in [0, 0.05) is 12.3 Å². The van der Waals surface area contributed by atoms with Crippen LogP contribution in [0.25, 0.3) is 0 Å². The van der Waals surface area contributed by atoms with Gasteiger partial charge >= 0.3 is 0 Å². The third-order valence-corrected chi connectivity index (χ3v) is 10.2. The standard InChI is InChI=1S/C25H34ClN3O4S/c1-12(2)9-15(11-30)29-21(23(32)28-20-13(3)7-6-8-16(20)26)25-14(4)10-17(34-25)18(22(31)27-5)19(25)24(29)33/h6-8,12,14-15,17-19,21,30H,9-11H2,1-5H3,(H,27,31)(H,28,32)/t14?,15-,17-,18+,19+,21?,25?/m1/s1. The maximum absolute atomic E-state index is 14.0. The Morgan fingerprint density at radius 2 is 2.03 bits per heavy atom. The van der Waals surface area contributed by atoms with E-state index in [-0.39, 0.29) is 41.4 Å². The third-order valence-electron chi connectivity index (χ3n) is 7.80. The third kappa shape index (κ3) is 3.73. The van der Waals surface area contributed by atoms with Crippen LogP contribution in [0.15, 0.2) is 18.2 Å². The molecule has 3 N–H and O–H groups in total. The van der Waals surface area contributed by atoms with Crippen molar-refractivity contribution >= 4 is 46.8 Å². The van der Waals surface area contributed by atoms with Gasteiger partial charge in [0.25, 0.3) is 0 Å². The van der Waals surface area contributed by atoms with Crippen molar-refractivity contribution in [3.8, 4) is 0 Å². The number of halogens is 1. The second-order valence-corrected chi connectivity index (χ2v) is 12.3. The summed E-state index contributed by atoms with van der Waals surface area (Å²) < 4.78 is -0.734. The molecule has 3 amide bonds. The molecule has 3 unspecified atom stereocenters. The average Bonchev–Trinajstić information content (AvgIpc) is 3.37. The molecule has 3 aliphatic rings. The number of thioether (sulfide) groups is 1. The molecule has 7 atom stereocenters. The minimum Gasteiger partial charge on any atom is -0.394 e. The summed E-state index contributed by atoms with van der Waals surface area (Å²) in [6.45, 7) is 7.76. The molecule has 1 aromatic carbocycles. The second kappa shape index (κ2) is 9.36. The van der Waals surface area contributed by atoms with Crippen molar-refractivity contribution in [2.24, 2.45) is 23.7 Å². The Hall–Kier alpha value is -1.77. The number of para-hydroxylation sites is 1. The van der Waals surface area contributed by atoms with E-state index in [0.29, 0.717) is 17.1 Å². The molecule has 3 aliphatic heterocycles. The van der Waals surface area contributed by atoms with Crippen LogP contribution in [0, 0.1) is 30.6 Å². The van der Waals surface area contributed by atoms with Gasteiger partial charge in [-0.15, -0.1) is 11.8 Å². The Morgan fingerprint density at radius 1 is 1.32 bits per heavy atom. The Balaban J connectivity index is 1.82. The van der Waals surface area contributed by atoms with E-state index < -0.39 is 28.7 Å². The lowest BCUT2D eigenvalue weighted by molar-refractivity contribution is -0.142. The first-order valence-corrected chi connectivity index (χ1v) is 13.2. The van der Waals surface area contributed by atoms with Crippen molar-refractivity contribution in [2.45, 2.75) is 62.6 Å². The molecule has 3 saturated heterocycles. The lowest BCUT2D eigenvalue weighted by Gasteiger charge is -2.40. The quantitative estimate of drug-likeness (QED) is 0.527. The zero-order valence-electron chi connectivity index (χ0n) is 20.3. The fraction of sp³-hybridized carbons (Fsp3) is 0.640. The molecule has 34 heavy (non-hydrogen) atoms. The fourth-order valence-electron chi connectivity index (χ4n) is 6.42. The number of aliphatic hydroxyl groups is 1. The van der Waals surface area contributed by atoms with Gasteiger partial charge in [-0.1, -0.05) is 44.5 Å². The summed E-state index contributed by atoms with van der Waals surface area (Å²) in [6, 6.07) is 4.10. The molecule has 4 rings (SSSR count). The van der Waals surface area contributed by atoms with Crippen molar-refractivity contribution in [2.75, 3.05) is 19.0 Å². The summed E-state index contributed by atoms with van der Waals surface area (Å²) in [4.78, 5) is 42.6. The van der Waals surface area contributed by atoms with Crippen LogP contribution in [0.4, 0.5) is 5.69 Å². The van der Waals surface area contributed by atoms with Gasteiger partial charge in [-0.25, -0.2) is 0 Å². The minimum absolute atomic E-state index is 0.0129. The van der Waals surface area contributed by atoms with E-state index in [1.165, 1.54) is 0 Å². The fourth-order valence-corrected chi connectivity index (χ4v) is 9.10. The zero-order valence-corrected chi connectivity index (χ0v) is 21.9. The number of hydrogen-bond acceptors (Lipinski definition) is 5. The second-order valence-electron chi connectivity index (χ2n) is 10.3. The summed E-state index contributed by atoms with van der Waals surface area (Å²) in [5.74, 6) is -1.48. The van der Waals surface area contributed by atoms with Crippen LogP contribution in [-0.2, 0) is 14.4 Å². The number of anilines is 1. The summed E-state index contributed by atoms with van der Waals surface area (Å²) in [5.41, 5.74) is 1.35. The highest BCUT2D eigenvalue weighted by Crippen LogP contribution is 2.68. The molecule has 9 heteroatoms. The van der Waals surface area contributed by atoms with Gasteiger partial charge in [0.05, 0.1) is 39.9 Å². The van der Waals surface area contributed by atoms with E-state index in [2.05, 4.69) is 17.6 Å². The molecule has 3 heterocycles. The summed E-state index contributed by atoms with van der Waals surface area (Å²) in [7, 11) is 1.59. The summed E-state index contributed by atoms with van der Waals surface area (Å²) in [6.07, 6.45) is 1.33. The highest BCUT2D eigenvalue weighted by molar-refractivity contribution is 8.02. The van der Waals surface area contributed by atoms with Gasteiger partial charge in [-0.05, 0) is 43.2 Å². The first-order chi connectivity index (χ1) is 16.1. The number of nitrogens with zero attached hydrogens (tertiary/aromatic N) is 1. The number of carbonyl (C=O) groups excluding carboxylic acids is 3. The van der Waals surface area contributed by atoms with Crippen LogP contribution in [0.2, 0.25) is 5.02 Å². The number of benzene rings is 1. The monoisotopic (exact) mass is 507 g/mol. The van der Waals surface area contributed by atoms with Crippen molar-refractivity contribution in [3.63, 3.8) is 0 Å². The van der Waals surface area contributed by atoms with Crippen molar-refractivity contribution in [3.05, 3.63) is 28.8 Å². The Morgan fingerprint density at radius 3 is 2.62 bits per heavy atom. The van der Waals surface area contributed by atoms with Crippen molar-refractivity contribution in [1.82, 2.24) is 10.2 Å². The van der Waals surface area contributed by atoms with Crippen molar-refractivity contribution in [1.29, 1.82) is 0 Å². The molecule has 0 saturated carbocycles. The predicted octanol–water partition coefficient (Wildman–Crippen LogP) is 3.08. The lowest BCUT2D eigenvalue weighted by Crippen LogP contribution is -2.57. The number of aliphatic hydroxyl groups excluding tert-OH is 1. The van der Waals surface area contributed by atoms with Crippen LogP contribution in [0.5, 0.6) is 0 Å². The SMILES string of the molecule is CNC(=O)[C@@H]1[C@H]2C(=O)N([C@@H](CO)CC(C)C)C(C(=O)Nc3c(C)cccc3Cl)C23S[C@@H]1CC3C. The molecular weight excluding hydrogens is 474 g/mol. The van der Waals surface area contributed by atoms with Gasteiger partial charge in [0.15, 0.2) is 0 Å².